The Kier molecular flexibility index (Phi) is 7.03. The van der Waals surface area contributed by atoms with Crippen molar-refractivity contribution in [2.75, 3.05) is 45.7 Å². The van der Waals surface area contributed by atoms with E-state index in [9.17, 15) is 9.59 Å². The zero-order valence-electron chi connectivity index (χ0n) is 16.9. The maximum atomic E-state index is 12.5. The van der Waals surface area contributed by atoms with Crippen LogP contribution in [0.1, 0.15) is 12.0 Å². The van der Waals surface area contributed by atoms with Crippen molar-refractivity contribution >= 4 is 23.1 Å². The van der Waals surface area contributed by atoms with Crippen molar-refractivity contribution in [3.05, 3.63) is 66.2 Å². The lowest BCUT2D eigenvalue weighted by Gasteiger charge is -2.27. The van der Waals surface area contributed by atoms with Gasteiger partial charge in [-0.05, 0) is 29.7 Å². The lowest BCUT2D eigenvalue weighted by molar-refractivity contribution is -0.134. The van der Waals surface area contributed by atoms with Gasteiger partial charge in [-0.15, -0.1) is 0 Å². The molecule has 2 amide bonds. The number of carbonyl (C=O) groups is 2. The van der Waals surface area contributed by atoms with E-state index in [1.165, 1.54) is 16.0 Å². The highest BCUT2D eigenvalue weighted by molar-refractivity contribution is 5.94. The zero-order valence-corrected chi connectivity index (χ0v) is 16.9. The molecule has 0 aliphatic carbocycles. The molecule has 0 bridgehead atoms. The van der Waals surface area contributed by atoms with Crippen LogP contribution in [0.5, 0.6) is 5.75 Å². The Morgan fingerprint density at radius 2 is 1.93 bits per heavy atom. The number of amides is 2. The molecule has 0 unspecified atom stereocenters. The summed E-state index contributed by atoms with van der Waals surface area (Å²) in [6.07, 6.45) is 3.10. The van der Waals surface area contributed by atoms with Crippen LogP contribution in [0.25, 0.3) is 5.57 Å². The number of anilines is 1. The van der Waals surface area contributed by atoms with Gasteiger partial charge in [-0.2, -0.15) is 0 Å². The standard InChI is InChI=1S/C23H27N3O3/c1-25(16-22(27)24-20-9-6-10-21(15-20)29-2)23(28)17-26-13-11-19(12-14-26)18-7-4-3-5-8-18/h3-11,15H,12-14,16-17H2,1-2H3,(H,24,27). The van der Waals surface area contributed by atoms with E-state index in [-0.39, 0.29) is 18.4 Å². The first-order valence-electron chi connectivity index (χ1n) is 9.70. The van der Waals surface area contributed by atoms with Crippen LogP contribution in [0.15, 0.2) is 60.7 Å². The van der Waals surface area contributed by atoms with Gasteiger partial charge >= 0.3 is 0 Å². The predicted molar refractivity (Wildman–Crippen MR) is 115 cm³/mol. The summed E-state index contributed by atoms with van der Waals surface area (Å²) >= 11 is 0. The molecular formula is C23H27N3O3. The highest BCUT2D eigenvalue weighted by atomic mass is 16.5. The molecule has 6 heteroatoms. The number of methoxy groups -OCH3 is 1. The van der Waals surface area contributed by atoms with Crippen molar-refractivity contribution in [1.82, 2.24) is 9.80 Å². The SMILES string of the molecule is COc1cccc(NC(=O)CN(C)C(=O)CN2CC=C(c3ccccc3)CC2)c1. The molecule has 0 saturated heterocycles. The molecule has 6 nitrogen and oxygen atoms in total. The minimum absolute atomic E-state index is 0.00892. The smallest absolute Gasteiger partial charge is 0.243 e. The molecule has 1 aliphatic heterocycles. The highest BCUT2D eigenvalue weighted by Crippen LogP contribution is 2.22. The molecule has 0 spiro atoms. The molecule has 3 rings (SSSR count). The third-order valence-corrected chi connectivity index (χ3v) is 4.96. The molecule has 0 radical (unpaired) electrons. The molecule has 1 heterocycles. The van der Waals surface area contributed by atoms with E-state index in [4.69, 9.17) is 4.74 Å². The molecule has 0 saturated carbocycles. The summed E-state index contributed by atoms with van der Waals surface area (Å²) in [6.45, 7) is 1.88. The number of rotatable bonds is 7. The van der Waals surface area contributed by atoms with Gasteiger partial charge in [-0.3, -0.25) is 14.5 Å². The van der Waals surface area contributed by atoms with Crippen molar-refractivity contribution in [3.63, 3.8) is 0 Å². The van der Waals surface area contributed by atoms with Crippen LogP contribution in [0.2, 0.25) is 0 Å². The average Bonchev–Trinajstić information content (AvgIpc) is 2.75. The molecule has 2 aromatic carbocycles. The van der Waals surface area contributed by atoms with Gasteiger partial charge in [0.1, 0.15) is 5.75 Å². The molecule has 0 atom stereocenters. The lowest BCUT2D eigenvalue weighted by Crippen LogP contribution is -2.42. The van der Waals surface area contributed by atoms with Crippen LogP contribution in [0, 0.1) is 0 Å². The van der Waals surface area contributed by atoms with Crippen molar-refractivity contribution < 1.29 is 14.3 Å². The van der Waals surface area contributed by atoms with E-state index < -0.39 is 0 Å². The lowest BCUT2D eigenvalue weighted by atomic mass is 10.00. The normalized spacial score (nSPS) is 14.1. The number of benzene rings is 2. The molecule has 0 aromatic heterocycles. The summed E-state index contributed by atoms with van der Waals surface area (Å²) in [6, 6.07) is 17.4. The number of ether oxygens (including phenoxy) is 1. The topological polar surface area (TPSA) is 61.9 Å². The summed E-state index contributed by atoms with van der Waals surface area (Å²) in [7, 11) is 3.23. The minimum atomic E-state index is -0.237. The van der Waals surface area contributed by atoms with Gasteiger partial charge in [-0.25, -0.2) is 0 Å². The quantitative estimate of drug-likeness (QED) is 0.786. The molecular weight excluding hydrogens is 366 g/mol. The Bertz CT molecular complexity index is 880. The van der Waals surface area contributed by atoms with Gasteiger partial charge in [0.15, 0.2) is 0 Å². The molecule has 2 aromatic rings. The van der Waals surface area contributed by atoms with E-state index in [1.54, 1.807) is 32.4 Å². The second-order valence-corrected chi connectivity index (χ2v) is 7.11. The van der Waals surface area contributed by atoms with Crippen LogP contribution in [-0.4, -0.2) is 62.0 Å². The summed E-state index contributed by atoms with van der Waals surface area (Å²) in [5.74, 6) is 0.363. The molecule has 152 valence electrons. The van der Waals surface area contributed by atoms with Crippen LogP contribution < -0.4 is 10.1 Å². The Labute approximate surface area is 171 Å². The van der Waals surface area contributed by atoms with Gasteiger partial charge in [-0.1, -0.05) is 42.5 Å². The molecule has 29 heavy (non-hydrogen) atoms. The van der Waals surface area contributed by atoms with Crippen LogP contribution in [-0.2, 0) is 9.59 Å². The Morgan fingerprint density at radius 1 is 1.14 bits per heavy atom. The van der Waals surface area contributed by atoms with Gasteiger partial charge in [0, 0.05) is 31.9 Å². The summed E-state index contributed by atoms with van der Waals surface area (Å²) in [4.78, 5) is 28.3. The van der Waals surface area contributed by atoms with Gasteiger partial charge in [0.2, 0.25) is 11.8 Å². The highest BCUT2D eigenvalue weighted by Gasteiger charge is 2.19. The van der Waals surface area contributed by atoms with Gasteiger partial charge in [0.25, 0.3) is 0 Å². The van der Waals surface area contributed by atoms with Crippen molar-refractivity contribution in [1.29, 1.82) is 0 Å². The summed E-state index contributed by atoms with van der Waals surface area (Å²) in [5.41, 5.74) is 3.20. The third kappa shape index (κ3) is 5.93. The third-order valence-electron chi connectivity index (χ3n) is 4.96. The second-order valence-electron chi connectivity index (χ2n) is 7.11. The first-order valence-corrected chi connectivity index (χ1v) is 9.70. The molecule has 1 N–H and O–H groups in total. The predicted octanol–water partition coefficient (Wildman–Crippen LogP) is 2.88. The number of carbonyl (C=O) groups excluding carboxylic acids is 2. The van der Waals surface area contributed by atoms with Crippen molar-refractivity contribution in [3.8, 4) is 5.75 Å². The molecule has 0 fully saturated rings. The van der Waals surface area contributed by atoms with Crippen molar-refractivity contribution in [2.24, 2.45) is 0 Å². The first kappa shape index (κ1) is 20.6. The van der Waals surface area contributed by atoms with E-state index in [0.717, 1.165) is 19.5 Å². The number of hydrogen-bond acceptors (Lipinski definition) is 4. The van der Waals surface area contributed by atoms with Crippen LogP contribution >= 0.6 is 0 Å². The van der Waals surface area contributed by atoms with Crippen LogP contribution in [0.3, 0.4) is 0 Å². The maximum absolute atomic E-state index is 12.5. The average molecular weight is 393 g/mol. The van der Waals surface area contributed by atoms with Crippen molar-refractivity contribution in [2.45, 2.75) is 6.42 Å². The summed E-state index contributed by atoms with van der Waals surface area (Å²) < 4.78 is 5.15. The fourth-order valence-corrected chi connectivity index (χ4v) is 3.29. The van der Waals surface area contributed by atoms with Gasteiger partial charge in [0.05, 0.1) is 20.2 Å². The van der Waals surface area contributed by atoms with Crippen LogP contribution in [0.4, 0.5) is 5.69 Å². The van der Waals surface area contributed by atoms with E-state index in [1.807, 2.05) is 24.3 Å². The van der Waals surface area contributed by atoms with E-state index in [2.05, 4.69) is 28.4 Å². The second kappa shape index (κ2) is 9.89. The minimum Gasteiger partial charge on any atom is -0.497 e. The maximum Gasteiger partial charge on any atom is 0.243 e. The number of likely N-dealkylation sites (N-methyl/N-ethyl adjacent to an activating group) is 1. The monoisotopic (exact) mass is 393 g/mol. The van der Waals surface area contributed by atoms with E-state index >= 15 is 0 Å². The Hall–Kier alpha value is -3.12. The zero-order chi connectivity index (χ0) is 20.6. The fourth-order valence-electron chi connectivity index (χ4n) is 3.29. The number of nitrogens with one attached hydrogen (secondary N) is 1. The largest absolute Gasteiger partial charge is 0.497 e. The van der Waals surface area contributed by atoms with E-state index in [0.29, 0.717) is 18.0 Å². The summed E-state index contributed by atoms with van der Waals surface area (Å²) in [5, 5.41) is 2.79. The first-order chi connectivity index (χ1) is 14.0. The fraction of sp³-hybridized carbons (Fsp3) is 0.304. The molecule has 1 aliphatic rings. The Balaban J connectivity index is 1.47. The Morgan fingerprint density at radius 3 is 2.62 bits per heavy atom. The van der Waals surface area contributed by atoms with Gasteiger partial charge < -0.3 is 15.0 Å². The number of nitrogens with zero attached hydrogens (tertiary/aromatic N) is 2. The number of hydrogen-bond donors (Lipinski definition) is 1.